The van der Waals surface area contributed by atoms with E-state index < -0.39 is 42.3 Å². The van der Waals surface area contributed by atoms with Gasteiger partial charge in [-0.05, 0) is 71.9 Å². The number of aryl methyl sites for hydroxylation is 1. The van der Waals surface area contributed by atoms with E-state index in [4.69, 9.17) is 4.63 Å². The second kappa shape index (κ2) is 13.7. The molecule has 4 amide bonds. The van der Waals surface area contributed by atoms with Gasteiger partial charge in [-0.2, -0.15) is 13.2 Å². The van der Waals surface area contributed by atoms with E-state index in [1.165, 1.54) is 17.7 Å². The van der Waals surface area contributed by atoms with Crippen molar-refractivity contribution in [1.82, 2.24) is 25.8 Å². The van der Waals surface area contributed by atoms with Crippen molar-refractivity contribution < 1.29 is 32.2 Å². The minimum atomic E-state index is -4.53. The number of hydrogen-bond donors (Lipinski definition) is 3. The molecule has 1 saturated heterocycles. The number of fused-ring (bicyclic) bond motifs is 1. The van der Waals surface area contributed by atoms with Gasteiger partial charge in [-0.1, -0.05) is 89.3 Å². The summed E-state index contributed by atoms with van der Waals surface area (Å²) in [5, 5.41) is 15.8. The first kappa shape index (κ1) is 34.2. The number of carbonyl (C=O) groups is 3. The molecule has 0 bridgehead atoms. The van der Waals surface area contributed by atoms with Crippen LogP contribution in [0.15, 0.2) is 22.8 Å². The molecule has 3 atom stereocenters. The SMILES string of the molecule is Cc1nonc1C(=O)N[C@H](C(=O)Nc1ccc2c(c1)CC(C(C)C)(N1CC(C(F)(F)F)NC1=O)C2)C(C1CCCCC1)C1CCCCC1. The minimum Gasteiger partial charge on any atom is -0.338 e. The molecule has 2 saturated carbocycles. The van der Waals surface area contributed by atoms with E-state index in [9.17, 15) is 27.6 Å². The highest BCUT2D eigenvalue weighted by atomic mass is 19.4. The van der Waals surface area contributed by atoms with E-state index in [1.807, 2.05) is 26.0 Å². The fourth-order valence-electron chi connectivity index (χ4n) is 8.95. The first-order valence-electron chi connectivity index (χ1n) is 17.5. The number of urea groups is 1. The summed E-state index contributed by atoms with van der Waals surface area (Å²) in [6.45, 7) is 5.05. The zero-order valence-corrected chi connectivity index (χ0v) is 28.0. The van der Waals surface area contributed by atoms with Crippen molar-refractivity contribution in [3.05, 3.63) is 40.7 Å². The van der Waals surface area contributed by atoms with Gasteiger partial charge in [0.05, 0.1) is 12.1 Å². The maximum absolute atomic E-state index is 14.4. The molecule has 10 nitrogen and oxygen atoms in total. The predicted octanol–water partition coefficient (Wildman–Crippen LogP) is 6.34. The summed E-state index contributed by atoms with van der Waals surface area (Å²) >= 11 is 0. The van der Waals surface area contributed by atoms with Gasteiger partial charge < -0.3 is 20.9 Å². The van der Waals surface area contributed by atoms with Gasteiger partial charge in [-0.15, -0.1) is 0 Å². The average molecular weight is 673 g/mol. The molecule has 3 fully saturated rings. The normalized spacial score (nSPS) is 24.5. The molecule has 2 aromatic rings. The topological polar surface area (TPSA) is 129 Å². The van der Waals surface area contributed by atoms with Crippen LogP contribution in [0.25, 0.3) is 0 Å². The lowest BCUT2D eigenvalue weighted by atomic mass is 9.66. The van der Waals surface area contributed by atoms with E-state index in [-0.39, 0.29) is 23.4 Å². The number of anilines is 1. The van der Waals surface area contributed by atoms with E-state index in [2.05, 4.69) is 26.3 Å². The summed E-state index contributed by atoms with van der Waals surface area (Å²) in [6, 6.07) is 2.13. The van der Waals surface area contributed by atoms with Crippen LogP contribution < -0.4 is 16.0 Å². The molecule has 1 aromatic heterocycles. The fraction of sp³-hybridized carbons (Fsp3) is 0.686. The fourth-order valence-corrected chi connectivity index (χ4v) is 8.95. The summed E-state index contributed by atoms with van der Waals surface area (Å²) in [6.07, 6.45) is 7.05. The van der Waals surface area contributed by atoms with Gasteiger partial charge in [0.25, 0.3) is 5.91 Å². The summed E-state index contributed by atoms with van der Waals surface area (Å²) in [7, 11) is 0. The Morgan fingerprint density at radius 3 is 2.15 bits per heavy atom. The Balaban J connectivity index is 1.27. The second-order valence-electron chi connectivity index (χ2n) is 14.8. The summed E-state index contributed by atoms with van der Waals surface area (Å²) < 4.78 is 45.5. The van der Waals surface area contributed by atoms with Crippen LogP contribution >= 0.6 is 0 Å². The number of nitrogens with one attached hydrogen (secondary N) is 3. The van der Waals surface area contributed by atoms with Crippen molar-refractivity contribution in [2.24, 2.45) is 23.7 Å². The lowest BCUT2D eigenvalue weighted by molar-refractivity contribution is -0.151. The number of rotatable bonds is 9. The highest BCUT2D eigenvalue weighted by Gasteiger charge is 2.55. The smallest absolute Gasteiger partial charge is 0.338 e. The molecule has 48 heavy (non-hydrogen) atoms. The van der Waals surface area contributed by atoms with Crippen LogP contribution in [0, 0.1) is 30.6 Å². The number of amides is 4. The van der Waals surface area contributed by atoms with Crippen molar-refractivity contribution in [1.29, 1.82) is 0 Å². The number of alkyl halides is 3. The first-order valence-corrected chi connectivity index (χ1v) is 17.5. The molecule has 0 spiro atoms. The molecule has 3 aliphatic carbocycles. The maximum Gasteiger partial charge on any atom is 0.410 e. The Labute approximate surface area is 279 Å². The van der Waals surface area contributed by atoms with Gasteiger partial charge in [-0.3, -0.25) is 9.59 Å². The molecule has 4 aliphatic rings. The molecule has 1 aromatic carbocycles. The summed E-state index contributed by atoms with van der Waals surface area (Å²) in [4.78, 5) is 42.2. The Kier molecular flexibility index (Phi) is 9.77. The Morgan fingerprint density at radius 1 is 0.979 bits per heavy atom. The standard InChI is InChI=1S/C35H47F3N6O4/c1-20(2)34(44-19-27(35(36,37)38)40-33(44)47)17-24-14-15-26(16-25(24)18-34)39-32(46)30(41-31(45)29-21(3)42-48-43-29)28(22-10-6-4-7-11-22)23-12-8-5-9-13-23/h14-16,20,22-23,27-28,30H,4-13,17-19H2,1-3H3,(H,39,46)(H,40,47)(H,41,45)/t27?,30-,34?/m0/s1. The second-order valence-corrected chi connectivity index (χ2v) is 14.8. The van der Waals surface area contributed by atoms with Crippen LogP contribution in [0.2, 0.25) is 0 Å². The molecule has 2 unspecified atom stereocenters. The quantitative estimate of drug-likeness (QED) is 0.285. The molecule has 13 heteroatoms. The molecule has 262 valence electrons. The minimum absolute atomic E-state index is 0.0482. The number of nitrogens with zero attached hydrogens (tertiary/aromatic N) is 3. The van der Waals surface area contributed by atoms with Gasteiger partial charge in [-0.25, -0.2) is 9.42 Å². The van der Waals surface area contributed by atoms with Crippen LogP contribution in [0.1, 0.15) is 105 Å². The van der Waals surface area contributed by atoms with Gasteiger partial charge >= 0.3 is 12.2 Å². The number of hydrogen-bond acceptors (Lipinski definition) is 6. The Bertz CT molecular complexity index is 1480. The monoisotopic (exact) mass is 672 g/mol. The number of carbonyl (C=O) groups excluding carboxylic acids is 3. The maximum atomic E-state index is 14.4. The zero-order chi connectivity index (χ0) is 34.2. The van der Waals surface area contributed by atoms with Gasteiger partial charge in [0.1, 0.15) is 17.8 Å². The van der Waals surface area contributed by atoms with Crippen LogP contribution in [0.5, 0.6) is 0 Å². The van der Waals surface area contributed by atoms with Crippen molar-refractivity contribution in [3.8, 4) is 0 Å². The van der Waals surface area contributed by atoms with Gasteiger partial charge in [0, 0.05) is 5.69 Å². The molecular formula is C35H47F3N6O4. The number of halogens is 3. The summed E-state index contributed by atoms with van der Waals surface area (Å²) in [5.74, 6) is -0.378. The highest BCUT2D eigenvalue weighted by molar-refractivity contribution is 6.01. The van der Waals surface area contributed by atoms with E-state index in [0.29, 0.717) is 36.1 Å². The van der Waals surface area contributed by atoms with Crippen LogP contribution in [-0.4, -0.2) is 63.4 Å². The van der Waals surface area contributed by atoms with Crippen molar-refractivity contribution in [2.75, 3.05) is 11.9 Å². The Hall–Kier alpha value is -3.64. The summed E-state index contributed by atoms with van der Waals surface area (Å²) in [5.41, 5.74) is 1.93. The van der Waals surface area contributed by atoms with Gasteiger partial charge in [0.2, 0.25) is 5.91 Å². The van der Waals surface area contributed by atoms with Crippen LogP contribution in [0.4, 0.5) is 23.7 Å². The van der Waals surface area contributed by atoms with Gasteiger partial charge in [0.15, 0.2) is 5.69 Å². The first-order chi connectivity index (χ1) is 22.9. The predicted molar refractivity (Wildman–Crippen MR) is 172 cm³/mol. The third kappa shape index (κ3) is 6.78. The lowest BCUT2D eigenvalue weighted by Gasteiger charge is -2.42. The third-order valence-electron chi connectivity index (χ3n) is 11.6. The lowest BCUT2D eigenvalue weighted by Crippen LogP contribution is -2.55. The third-order valence-corrected chi connectivity index (χ3v) is 11.6. The van der Waals surface area contributed by atoms with E-state index in [0.717, 1.165) is 62.5 Å². The van der Waals surface area contributed by atoms with Crippen LogP contribution in [0.3, 0.4) is 0 Å². The molecular weight excluding hydrogens is 625 g/mol. The zero-order valence-electron chi connectivity index (χ0n) is 28.0. The van der Waals surface area contributed by atoms with E-state index >= 15 is 0 Å². The largest absolute Gasteiger partial charge is 0.410 e. The molecule has 0 radical (unpaired) electrons. The number of benzene rings is 1. The average Bonchev–Trinajstić information content (AvgIpc) is 3.78. The molecule has 2 heterocycles. The van der Waals surface area contributed by atoms with Crippen molar-refractivity contribution in [2.45, 2.75) is 122 Å². The molecule has 3 N–H and O–H groups in total. The Morgan fingerprint density at radius 2 is 1.60 bits per heavy atom. The highest BCUT2D eigenvalue weighted by Crippen LogP contribution is 2.44. The van der Waals surface area contributed by atoms with E-state index in [1.54, 1.807) is 13.0 Å². The van der Waals surface area contributed by atoms with Crippen LogP contribution in [-0.2, 0) is 17.6 Å². The molecule has 6 rings (SSSR count). The molecule has 1 aliphatic heterocycles. The number of aromatic nitrogens is 2. The van der Waals surface area contributed by atoms with Crippen molar-refractivity contribution >= 4 is 23.5 Å². The van der Waals surface area contributed by atoms with Crippen molar-refractivity contribution in [3.63, 3.8) is 0 Å².